The summed E-state index contributed by atoms with van der Waals surface area (Å²) in [5, 5.41) is 2.17. The van der Waals surface area contributed by atoms with Crippen LogP contribution < -0.4 is 4.84 Å². The van der Waals surface area contributed by atoms with Crippen molar-refractivity contribution in [2.75, 3.05) is 0 Å². The van der Waals surface area contributed by atoms with Crippen LogP contribution in [0, 0.1) is 5.92 Å². The lowest BCUT2D eigenvalue weighted by molar-refractivity contribution is -0.130. The Morgan fingerprint density at radius 1 is 1.27 bits per heavy atom. The van der Waals surface area contributed by atoms with Crippen molar-refractivity contribution in [3.63, 3.8) is 0 Å². The number of hydroxylamine groups is 2. The third kappa shape index (κ3) is 2.72. The molecular weight excluding hydrogens is 270 g/mol. The van der Waals surface area contributed by atoms with E-state index in [-0.39, 0.29) is 11.6 Å². The molecular formula is C20H27NO. The predicted molar refractivity (Wildman–Crippen MR) is 91.6 cm³/mol. The van der Waals surface area contributed by atoms with Gasteiger partial charge in [-0.1, -0.05) is 36.4 Å². The van der Waals surface area contributed by atoms with E-state index < -0.39 is 0 Å². The van der Waals surface area contributed by atoms with E-state index in [9.17, 15) is 0 Å². The molecule has 1 aliphatic carbocycles. The summed E-state index contributed by atoms with van der Waals surface area (Å²) in [4.78, 5) is 6.19. The van der Waals surface area contributed by atoms with Crippen LogP contribution in [0.5, 0.6) is 5.75 Å². The van der Waals surface area contributed by atoms with Gasteiger partial charge < -0.3 is 4.84 Å². The van der Waals surface area contributed by atoms with Gasteiger partial charge >= 0.3 is 0 Å². The molecule has 0 N–H and O–H groups in total. The van der Waals surface area contributed by atoms with Crippen LogP contribution >= 0.6 is 0 Å². The monoisotopic (exact) mass is 297 g/mol. The molecule has 22 heavy (non-hydrogen) atoms. The molecule has 0 saturated carbocycles. The smallest absolute Gasteiger partial charge is 0.152 e. The van der Waals surface area contributed by atoms with Crippen LogP contribution in [0.25, 0.3) is 0 Å². The van der Waals surface area contributed by atoms with Crippen LogP contribution in [-0.2, 0) is 0 Å². The molecule has 0 aromatic heterocycles. The molecule has 0 amide bonds. The summed E-state index contributed by atoms with van der Waals surface area (Å²) in [7, 11) is 0. The van der Waals surface area contributed by atoms with Crippen molar-refractivity contribution in [2.24, 2.45) is 5.92 Å². The van der Waals surface area contributed by atoms with Gasteiger partial charge in [0.1, 0.15) is 0 Å². The number of fused-ring (bicyclic) bond motifs is 1. The van der Waals surface area contributed by atoms with E-state index in [1.165, 1.54) is 23.1 Å². The van der Waals surface area contributed by atoms with E-state index in [1.54, 1.807) is 0 Å². The van der Waals surface area contributed by atoms with Crippen molar-refractivity contribution in [2.45, 2.75) is 58.5 Å². The predicted octanol–water partition coefficient (Wildman–Crippen LogP) is 5.44. The molecule has 1 heterocycles. The second kappa shape index (κ2) is 5.58. The van der Waals surface area contributed by atoms with Crippen LogP contribution in [-0.4, -0.2) is 10.6 Å². The van der Waals surface area contributed by atoms with Crippen molar-refractivity contribution in [1.82, 2.24) is 5.06 Å². The SMILES string of the molecule is C=C(C)[C@@H]1CC=C(C2c3ccccc3ON2C(C)(C)C)CC1. The maximum atomic E-state index is 6.19. The zero-order chi connectivity index (χ0) is 15.9. The van der Waals surface area contributed by atoms with Crippen LogP contribution in [0.2, 0.25) is 0 Å². The van der Waals surface area contributed by atoms with Gasteiger partial charge in [0.25, 0.3) is 0 Å². The molecule has 1 aromatic rings. The summed E-state index contributed by atoms with van der Waals surface area (Å²) in [6, 6.07) is 8.70. The van der Waals surface area contributed by atoms with Crippen LogP contribution in [0.15, 0.2) is 48.1 Å². The lowest BCUT2D eigenvalue weighted by atomic mass is 9.81. The second-order valence-corrected chi connectivity index (χ2v) is 7.62. The highest BCUT2D eigenvalue weighted by molar-refractivity contribution is 5.43. The van der Waals surface area contributed by atoms with E-state index in [1.807, 2.05) is 0 Å². The molecule has 0 saturated heterocycles. The standard InChI is InChI=1S/C20H27NO/c1-14(2)15-10-12-16(13-11-15)19-17-8-6-7-9-18(17)22-21(19)20(3,4)5/h6-9,12,15,19H,1,10-11,13H2,2-5H3/t15-,19?/m1/s1. The van der Waals surface area contributed by atoms with Gasteiger partial charge in [-0.25, -0.2) is 0 Å². The first-order chi connectivity index (χ1) is 10.4. The quantitative estimate of drug-likeness (QED) is 0.674. The number of benzene rings is 1. The van der Waals surface area contributed by atoms with Gasteiger partial charge in [-0.15, -0.1) is 5.06 Å². The highest BCUT2D eigenvalue weighted by Gasteiger charge is 2.41. The molecule has 2 aliphatic rings. The largest absolute Gasteiger partial charge is 0.404 e. The zero-order valence-corrected chi connectivity index (χ0v) is 14.2. The van der Waals surface area contributed by atoms with Gasteiger partial charge in [0, 0.05) is 11.1 Å². The first kappa shape index (κ1) is 15.4. The molecule has 0 radical (unpaired) electrons. The number of rotatable bonds is 2. The highest BCUT2D eigenvalue weighted by atomic mass is 16.7. The minimum absolute atomic E-state index is 0.0320. The Hall–Kier alpha value is -1.54. The lowest BCUT2D eigenvalue weighted by Gasteiger charge is -2.37. The Bertz CT molecular complexity index is 608. The Kier molecular flexibility index (Phi) is 3.90. The number of hydrogen-bond acceptors (Lipinski definition) is 2. The fraction of sp³-hybridized carbons (Fsp3) is 0.500. The molecule has 1 aliphatic heterocycles. The maximum absolute atomic E-state index is 6.19. The Morgan fingerprint density at radius 3 is 2.59 bits per heavy atom. The summed E-state index contributed by atoms with van der Waals surface area (Å²) in [6.45, 7) is 12.9. The molecule has 0 spiro atoms. The molecule has 2 nitrogen and oxygen atoms in total. The average molecular weight is 297 g/mol. The summed E-state index contributed by atoms with van der Waals surface area (Å²) in [6.07, 6.45) is 5.88. The molecule has 1 aromatic carbocycles. The topological polar surface area (TPSA) is 12.5 Å². The maximum Gasteiger partial charge on any atom is 0.152 e. The molecule has 1 unspecified atom stereocenters. The molecule has 0 bridgehead atoms. The molecule has 2 atom stereocenters. The van der Waals surface area contributed by atoms with E-state index >= 15 is 0 Å². The summed E-state index contributed by atoms with van der Waals surface area (Å²) >= 11 is 0. The fourth-order valence-corrected chi connectivity index (χ4v) is 3.50. The van der Waals surface area contributed by atoms with Gasteiger partial charge in [0.2, 0.25) is 0 Å². The molecule has 118 valence electrons. The van der Waals surface area contributed by atoms with E-state index in [4.69, 9.17) is 4.84 Å². The van der Waals surface area contributed by atoms with E-state index in [2.05, 4.69) is 69.7 Å². The van der Waals surface area contributed by atoms with Gasteiger partial charge in [-0.3, -0.25) is 0 Å². The Balaban J connectivity index is 1.94. The highest BCUT2D eigenvalue weighted by Crippen LogP contribution is 2.47. The number of hydrogen-bond donors (Lipinski definition) is 0. The average Bonchev–Trinajstić information content (AvgIpc) is 2.87. The summed E-state index contributed by atoms with van der Waals surface area (Å²) in [5.41, 5.74) is 4.08. The fourth-order valence-electron chi connectivity index (χ4n) is 3.50. The molecule has 0 fully saturated rings. The first-order valence-electron chi connectivity index (χ1n) is 8.28. The lowest BCUT2D eigenvalue weighted by Crippen LogP contribution is -2.43. The van der Waals surface area contributed by atoms with Crippen molar-refractivity contribution < 1.29 is 4.84 Å². The second-order valence-electron chi connectivity index (χ2n) is 7.62. The zero-order valence-electron chi connectivity index (χ0n) is 14.2. The van der Waals surface area contributed by atoms with Gasteiger partial charge in [-0.2, -0.15) is 0 Å². The normalized spacial score (nSPS) is 25.4. The third-order valence-electron chi connectivity index (χ3n) is 4.80. The van der Waals surface area contributed by atoms with Crippen LogP contribution in [0.4, 0.5) is 0 Å². The summed E-state index contributed by atoms with van der Waals surface area (Å²) < 4.78 is 0. The first-order valence-corrected chi connectivity index (χ1v) is 8.28. The summed E-state index contributed by atoms with van der Waals surface area (Å²) in [5.74, 6) is 1.65. The van der Waals surface area contributed by atoms with E-state index in [0.29, 0.717) is 5.92 Å². The van der Waals surface area contributed by atoms with Gasteiger partial charge in [0.05, 0.1) is 6.04 Å². The van der Waals surface area contributed by atoms with Gasteiger partial charge in [0.15, 0.2) is 5.75 Å². The Morgan fingerprint density at radius 2 is 2.00 bits per heavy atom. The third-order valence-corrected chi connectivity index (χ3v) is 4.80. The van der Waals surface area contributed by atoms with Crippen molar-refractivity contribution in [3.8, 4) is 5.75 Å². The van der Waals surface area contributed by atoms with Crippen molar-refractivity contribution in [1.29, 1.82) is 0 Å². The van der Waals surface area contributed by atoms with Crippen LogP contribution in [0.3, 0.4) is 0 Å². The number of nitrogens with zero attached hydrogens (tertiary/aromatic N) is 1. The van der Waals surface area contributed by atoms with Crippen molar-refractivity contribution >= 4 is 0 Å². The Labute approximate surface area is 134 Å². The van der Waals surface area contributed by atoms with Crippen LogP contribution in [0.1, 0.15) is 58.6 Å². The molecule has 2 heteroatoms. The van der Waals surface area contributed by atoms with Gasteiger partial charge in [-0.05, 0) is 64.5 Å². The number of allylic oxidation sites excluding steroid dienone is 2. The minimum atomic E-state index is -0.0320. The van der Waals surface area contributed by atoms with Crippen molar-refractivity contribution in [3.05, 3.63) is 53.6 Å². The van der Waals surface area contributed by atoms with E-state index in [0.717, 1.165) is 18.6 Å². The molecule has 3 rings (SSSR count). The minimum Gasteiger partial charge on any atom is -0.404 e. The number of para-hydroxylation sites is 1.